The van der Waals surface area contributed by atoms with Gasteiger partial charge in [-0.15, -0.1) is 11.3 Å². The van der Waals surface area contributed by atoms with Crippen LogP contribution in [0.2, 0.25) is 0 Å². The lowest BCUT2D eigenvalue weighted by molar-refractivity contribution is -0.131. The maximum atomic E-state index is 14.1. The highest BCUT2D eigenvalue weighted by atomic mass is 32.1. The van der Waals surface area contributed by atoms with Gasteiger partial charge in [-0.1, -0.05) is 29.4 Å². The molecular formula is C17H13FN4O3S. The molecule has 0 bridgehead atoms. The molecule has 7 nitrogen and oxygen atoms in total. The highest BCUT2D eigenvalue weighted by molar-refractivity contribution is 7.13. The first kappa shape index (κ1) is 16.4. The van der Waals surface area contributed by atoms with Gasteiger partial charge in [0.25, 0.3) is 5.91 Å². The summed E-state index contributed by atoms with van der Waals surface area (Å²) in [7, 11) is 0. The fraction of sp³-hybridized carbons (Fsp3) is 0.176. The normalized spacial score (nSPS) is 19.8. The number of halogens is 1. The molecule has 2 aromatic heterocycles. The SMILES string of the molecule is C[C@@]1(c2ccccc2F)NC(=O)N(Cc2nc(-c3cccs3)no2)C1=O. The summed E-state index contributed by atoms with van der Waals surface area (Å²) in [4.78, 5) is 31.1. The van der Waals surface area contributed by atoms with Gasteiger partial charge in [-0.25, -0.2) is 9.18 Å². The fourth-order valence-corrected chi connectivity index (χ4v) is 3.50. The maximum Gasteiger partial charge on any atom is 0.325 e. The van der Waals surface area contributed by atoms with E-state index >= 15 is 0 Å². The molecule has 3 amide bonds. The molecule has 0 radical (unpaired) electrons. The smallest absolute Gasteiger partial charge is 0.325 e. The van der Waals surface area contributed by atoms with Crippen molar-refractivity contribution in [2.45, 2.75) is 19.0 Å². The van der Waals surface area contributed by atoms with Crippen molar-refractivity contribution in [2.75, 3.05) is 0 Å². The molecule has 1 N–H and O–H groups in total. The third-order valence-corrected chi connectivity index (χ3v) is 5.06. The second-order valence-corrected chi connectivity index (χ2v) is 6.86. The van der Waals surface area contributed by atoms with Gasteiger partial charge in [0, 0.05) is 5.56 Å². The topological polar surface area (TPSA) is 88.3 Å². The van der Waals surface area contributed by atoms with Crippen LogP contribution in [0.5, 0.6) is 0 Å². The van der Waals surface area contributed by atoms with E-state index in [-0.39, 0.29) is 18.0 Å². The molecule has 1 saturated heterocycles. The number of aromatic nitrogens is 2. The van der Waals surface area contributed by atoms with Gasteiger partial charge in [0.2, 0.25) is 11.7 Å². The van der Waals surface area contributed by atoms with E-state index in [4.69, 9.17) is 4.52 Å². The van der Waals surface area contributed by atoms with E-state index in [2.05, 4.69) is 15.5 Å². The molecule has 1 aliphatic heterocycles. The zero-order chi connectivity index (χ0) is 18.3. The summed E-state index contributed by atoms with van der Waals surface area (Å²) in [5, 5.41) is 8.28. The number of nitrogens with zero attached hydrogens (tertiary/aromatic N) is 3. The molecule has 3 heterocycles. The summed E-state index contributed by atoms with van der Waals surface area (Å²) in [6.07, 6.45) is 0. The van der Waals surface area contributed by atoms with E-state index in [1.165, 1.54) is 36.5 Å². The molecule has 0 unspecified atom stereocenters. The van der Waals surface area contributed by atoms with Gasteiger partial charge >= 0.3 is 6.03 Å². The zero-order valence-electron chi connectivity index (χ0n) is 13.6. The molecule has 1 atom stereocenters. The Morgan fingerprint density at radius 2 is 2.08 bits per heavy atom. The molecule has 0 spiro atoms. The summed E-state index contributed by atoms with van der Waals surface area (Å²) >= 11 is 1.45. The van der Waals surface area contributed by atoms with Crippen molar-refractivity contribution >= 4 is 23.3 Å². The van der Waals surface area contributed by atoms with Crippen LogP contribution in [-0.2, 0) is 16.9 Å². The minimum Gasteiger partial charge on any atom is -0.337 e. The molecule has 1 fully saturated rings. The first-order valence-corrected chi connectivity index (χ1v) is 8.62. The van der Waals surface area contributed by atoms with Crippen LogP contribution in [-0.4, -0.2) is 27.0 Å². The summed E-state index contributed by atoms with van der Waals surface area (Å²) in [6, 6.07) is 8.89. The molecule has 1 aliphatic rings. The predicted octanol–water partition coefficient (Wildman–Crippen LogP) is 2.90. The Balaban J connectivity index is 1.60. The molecule has 1 aromatic carbocycles. The van der Waals surface area contributed by atoms with E-state index in [0.29, 0.717) is 5.82 Å². The van der Waals surface area contributed by atoms with Crippen LogP contribution >= 0.6 is 11.3 Å². The highest BCUT2D eigenvalue weighted by Gasteiger charge is 2.50. The van der Waals surface area contributed by atoms with Crippen LogP contribution in [0.3, 0.4) is 0 Å². The van der Waals surface area contributed by atoms with E-state index in [9.17, 15) is 14.0 Å². The molecular weight excluding hydrogens is 359 g/mol. The average Bonchev–Trinajstić information content (AvgIpc) is 3.33. The first-order chi connectivity index (χ1) is 12.5. The van der Waals surface area contributed by atoms with Crippen molar-refractivity contribution in [2.24, 2.45) is 0 Å². The number of nitrogens with one attached hydrogen (secondary N) is 1. The lowest BCUT2D eigenvalue weighted by atomic mass is 9.91. The van der Waals surface area contributed by atoms with Crippen molar-refractivity contribution in [3.05, 3.63) is 59.0 Å². The van der Waals surface area contributed by atoms with Crippen LogP contribution in [0.25, 0.3) is 10.7 Å². The summed E-state index contributed by atoms with van der Waals surface area (Å²) in [5.74, 6) is -0.639. The lowest BCUT2D eigenvalue weighted by Gasteiger charge is -2.22. The van der Waals surface area contributed by atoms with Gasteiger partial charge in [-0.05, 0) is 24.4 Å². The van der Waals surface area contributed by atoms with E-state index in [0.717, 1.165) is 9.78 Å². The highest BCUT2D eigenvalue weighted by Crippen LogP contribution is 2.31. The molecule has 0 saturated carbocycles. The molecule has 9 heteroatoms. The third-order valence-electron chi connectivity index (χ3n) is 4.19. The standard InChI is InChI=1S/C17H13FN4O3S/c1-17(10-5-2-3-6-11(10)18)15(23)22(16(24)20-17)9-13-19-14(21-25-13)12-7-4-8-26-12/h2-8H,9H2,1H3,(H,20,24)/t17-/m0/s1. The van der Waals surface area contributed by atoms with Crippen molar-refractivity contribution in [3.63, 3.8) is 0 Å². The summed E-state index contributed by atoms with van der Waals surface area (Å²) in [6.45, 7) is 1.28. The first-order valence-electron chi connectivity index (χ1n) is 7.74. The Kier molecular flexibility index (Phi) is 3.80. The molecule has 132 valence electrons. The Morgan fingerprint density at radius 1 is 1.27 bits per heavy atom. The Bertz CT molecular complexity index is 988. The second kappa shape index (κ2) is 6.03. The lowest BCUT2D eigenvalue weighted by Crippen LogP contribution is -2.41. The van der Waals surface area contributed by atoms with Crippen LogP contribution in [0.1, 0.15) is 18.4 Å². The molecule has 4 rings (SSSR count). The van der Waals surface area contributed by atoms with Crippen molar-refractivity contribution in [1.29, 1.82) is 0 Å². The quantitative estimate of drug-likeness (QED) is 0.712. The number of carbonyl (C=O) groups is 2. The van der Waals surface area contributed by atoms with Crippen LogP contribution < -0.4 is 5.32 Å². The van der Waals surface area contributed by atoms with Crippen molar-refractivity contribution in [1.82, 2.24) is 20.4 Å². The fourth-order valence-electron chi connectivity index (χ4n) is 2.85. The van der Waals surface area contributed by atoms with Gasteiger partial charge in [0.15, 0.2) is 0 Å². The Hall–Kier alpha value is -3.07. The Labute approximate surface area is 151 Å². The largest absolute Gasteiger partial charge is 0.337 e. The number of hydrogen-bond acceptors (Lipinski definition) is 6. The number of imide groups is 1. The average molecular weight is 372 g/mol. The number of amides is 3. The van der Waals surface area contributed by atoms with Gasteiger partial charge in [-0.2, -0.15) is 4.98 Å². The van der Waals surface area contributed by atoms with Crippen LogP contribution in [0.4, 0.5) is 9.18 Å². The molecule has 3 aromatic rings. The number of rotatable bonds is 4. The Morgan fingerprint density at radius 3 is 2.81 bits per heavy atom. The second-order valence-electron chi connectivity index (χ2n) is 5.92. The van der Waals surface area contributed by atoms with Crippen molar-refractivity contribution < 1.29 is 18.5 Å². The third kappa shape index (κ3) is 2.57. The minimum atomic E-state index is -1.49. The zero-order valence-corrected chi connectivity index (χ0v) is 14.4. The summed E-state index contributed by atoms with van der Waals surface area (Å²) < 4.78 is 19.3. The van der Waals surface area contributed by atoms with Gasteiger partial charge in [0.1, 0.15) is 17.9 Å². The minimum absolute atomic E-state index is 0.102. The monoisotopic (exact) mass is 372 g/mol. The van der Waals surface area contributed by atoms with Gasteiger partial charge in [0.05, 0.1) is 4.88 Å². The maximum absolute atomic E-state index is 14.1. The van der Waals surface area contributed by atoms with Crippen LogP contribution in [0, 0.1) is 5.82 Å². The van der Waals surface area contributed by atoms with Crippen LogP contribution in [0.15, 0.2) is 46.3 Å². The number of benzene rings is 1. The number of urea groups is 1. The molecule has 0 aliphatic carbocycles. The predicted molar refractivity (Wildman–Crippen MR) is 90.4 cm³/mol. The van der Waals surface area contributed by atoms with Gasteiger partial charge in [-0.3, -0.25) is 9.69 Å². The number of carbonyl (C=O) groups excluding carboxylic acids is 2. The van der Waals surface area contributed by atoms with Gasteiger partial charge < -0.3 is 9.84 Å². The number of hydrogen-bond donors (Lipinski definition) is 1. The van der Waals surface area contributed by atoms with E-state index in [1.54, 1.807) is 6.07 Å². The number of thiophene rings is 1. The van der Waals surface area contributed by atoms with Crippen molar-refractivity contribution in [3.8, 4) is 10.7 Å². The van der Waals surface area contributed by atoms with E-state index in [1.807, 2.05) is 17.5 Å². The summed E-state index contributed by atoms with van der Waals surface area (Å²) in [5.41, 5.74) is -1.38. The molecule has 26 heavy (non-hydrogen) atoms. The van der Waals surface area contributed by atoms with E-state index < -0.39 is 23.3 Å².